The molecule has 0 saturated carbocycles. The van der Waals surface area contributed by atoms with Gasteiger partial charge in [-0.05, 0) is 24.3 Å². The molecule has 0 aliphatic heterocycles. The lowest BCUT2D eigenvalue weighted by atomic mass is 10.2. The first kappa shape index (κ1) is 15.6. The lowest BCUT2D eigenvalue weighted by molar-refractivity contribution is -0.401. The van der Waals surface area contributed by atoms with Crippen LogP contribution < -0.4 is 5.32 Å². The Morgan fingerprint density at radius 2 is 1.30 bits per heavy atom. The van der Waals surface area contributed by atoms with E-state index in [0.717, 1.165) is 0 Å². The van der Waals surface area contributed by atoms with Crippen LogP contribution in [0, 0.1) is 30.3 Å². The molecule has 2 aromatic carbocycles. The summed E-state index contributed by atoms with van der Waals surface area (Å²) >= 11 is 0. The van der Waals surface area contributed by atoms with Crippen molar-refractivity contribution in [1.82, 2.24) is 0 Å². The van der Waals surface area contributed by atoms with Crippen molar-refractivity contribution in [2.45, 2.75) is 0 Å². The van der Waals surface area contributed by atoms with Crippen LogP contribution in [0.25, 0.3) is 0 Å². The average molecular weight is 320 g/mol. The number of nitrogens with zero attached hydrogens (tertiary/aromatic N) is 3. The van der Waals surface area contributed by atoms with Gasteiger partial charge in [-0.3, -0.25) is 30.3 Å². The first-order valence-corrected chi connectivity index (χ1v) is 5.97. The fraction of sp³-hybridized carbons (Fsp3) is 0. The molecule has 0 bridgehead atoms. The van der Waals surface area contributed by atoms with E-state index in [4.69, 9.17) is 0 Å². The molecule has 0 aromatic heterocycles. The van der Waals surface area contributed by atoms with Gasteiger partial charge in [0.25, 0.3) is 5.69 Å². The Morgan fingerprint density at radius 1 is 0.826 bits per heavy atom. The number of nitro groups is 3. The highest BCUT2D eigenvalue weighted by molar-refractivity contribution is 5.81. The van der Waals surface area contributed by atoms with E-state index >= 15 is 0 Å². The van der Waals surface area contributed by atoms with Crippen molar-refractivity contribution in [1.29, 1.82) is 0 Å². The van der Waals surface area contributed by atoms with Crippen molar-refractivity contribution in [3.63, 3.8) is 0 Å². The fourth-order valence-electron chi connectivity index (χ4n) is 1.81. The van der Waals surface area contributed by atoms with Crippen molar-refractivity contribution < 1.29 is 19.9 Å². The van der Waals surface area contributed by atoms with Crippen LogP contribution in [0.4, 0.5) is 28.4 Å². The van der Waals surface area contributed by atoms with Crippen LogP contribution in [0.15, 0.2) is 36.4 Å². The Kier molecular flexibility index (Phi) is 4.03. The van der Waals surface area contributed by atoms with E-state index in [2.05, 4.69) is 5.32 Å². The predicted octanol–water partition coefficient (Wildman–Crippen LogP) is 2.86. The molecule has 0 aliphatic rings. The fourth-order valence-corrected chi connectivity index (χ4v) is 1.81. The lowest BCUT2D eigenvalue weighted by Gasteiger charge is -2.08. The number of phenolic OH excluding ortho intramolecular Hbond substituents is 1. The minimum Gasteiger partial charge on any atom is -0.508 e. The van der Waals surface area contributed by atoms with Crippen molar-refractivity contribution in [2.24, 2.45) is 0 Å². The van der Waals surface area contributed by atoms with Crippen LogP contribution in [-0.2, 0) is 0 Å². The molecule has 2 rings (SSSR count). The molecule has 0 spiro atoms. The molecule has 0 saturated heterocycles. The first-order chi connectivity index (χ1) is 10.8. The van der Waals surface area contributed by atoms with Crippen molar-refractivity contribution in [2.75, 3.05) is 5.32 Å². The summed E-state index contributed by atoms with van der Waals surface area (Å²) in [4.78, 5) is 30.1. The number of nitro benzene ring substituents is 3. The summed E-state index contributed by atoms with van der Waals surface area (Å²) in [7, 11) is 0. The summed E-state index contributed by atoms with van der Waals surface area (Å²) in [6, 6.07) is 6.48. The molecule has 0 amide bonds. The number of hydrogen-bond acceptors (Lipinski definition) is 8. The monoisotopic (exact) mass is 320 g/mol. The zero-order valence-corrected chi connectivity index (χ0v) is 11.2. The van der Waals surface area contributed by atoms with E-state index in [9.17, 15) is 35.4 Å². The van der Waals surface area contributed by atoms with Crippen molar-refractivity contribution >= 4 is 28.4 Å². The Balaban J connectivity index is 2.63. The van der Waals surface area contributed by atoms with E-state index in [-0.39, 0.29) is 11.4 Å². The molecule has 0 aliphatic carbocycles. The van der Waals surface area contributed by atoms with Crippen LogP contribution in [0.3, 0.4) is 0 Å². The summed E-state index contributed by atoms with van der Waals surface area (Å²) in [5, 5.41) is 44.6. The molecule has 11 heteroatoms. The Morgan fingerprint density at radius 3 is 1.70 bits per heavy atom. The molecular weight excluding hydrogens is 312 g/mol. The van der Waals surface area contributed by atoms with E-state index in [1.807, 2.05) is 0 Å². The predicted molar refractivity (Wildman–Crippen MR) is 77.8 cm³/mol. The van der Waals surface area contributed by atoms with Crippen molar-refractivity contribution in [3.8, 4) is 5.75 Å². The maximum Gasteiger partial charge on any atom is 0.306 e. The Hall–Kier alpha value is -3.76. The average Bonchev–Trinajstić information content (AvgIpc) is 2.48. The zero-order chi connectivity index (χ0) is 17.1. The second-order valence-corrected chi connectivity index (χ2v) is 4.30. The quantitative estimate of drug-likeness (QED) is 0.482. The maximum absolute atomic E-state index is 11.1. The zero-order valence-electron chi connectivity index (χ0n) is 11.2. The minimum absolute atomic E-state index is 0.0664. The summed E-state index contributed by atoms with van der Waals surface area (Å²) in [6.07, 6.45) is 0. The van der Waals surface area contributed by atoms with Gasteiger partial charge in [0.05, 0.1) is 26.9 Å². The highest BCUT2D eigenvalue weighted by Crippen LogP contribution is 2.40. The van der Waals surface area contributed by atoms with E-state index < -0.39 is 37.5 Å². The number of rotatable bonds is 5. The molecule has 11 nitrogen and oxygen atoms in total. The molecule has 2 aromatic rings. The third kappa shape index (κ3) is 3.29. The van der Waals surface area contributed by atoms with E-state index in [1.54, 1.807) is 0 Å². The van der Waals surface area contributed by atoms with Gasteiger partial charge >= 0.3 is 11.4 Å². The van der Waals surface area contributed by atoms with Crippen LogP contribution in [0.5, 0.6) is 5.75 Å². The van der Waals surface area contributed by atoms with Gasteiger partial charge in [0.2, 0.25) is 0 Å². The number of anilines is 2. The van der Waals surface area contributed by atoms with Gasteiger partial charge < -0.3 is 10.4 Å². The number of nitrogens with one attached hydrogen (secondary N) is 1. The van der Waals surface area contributed by atoms with Gasteiger partial charge in [0, 0.05) is 5.69 Å². The highest BCUT2D eigenvalue weighted by atomic mass is 16.6. The first-order valence-electron chi connectivity index (χ1n) is 5.97. The van der Waals surface area contributed by atoms with E-state index in [0.29, 0.717) is 12.1 Å². The molecule has 23 heavy (non-hydrogen) atoms. The smallest absolute Gasteiger partial charge is 0.306 e. The van der Waals surface area contributed by atoms with Crippen LogP contribution >= 0.6 is 0 Å². The van der Waals surface area contributed by atoms with Crippen LogP contribution in [-0.4, -0.2) is 19.9 Å². The third-order valence-corrected chi connectivity index (χ3v) is 2.82. The Labute approximate surface area is 127 Å². The minimum atomic E-state index is -0.956. The normalized spacial score (nSPS) is 10.1. The summed E-state index contributed by atoms with van der Waals surface area (Å²) in [6.45, 7) is 0. The third-order valence-electron chi connectivity index (χ3n) is 2.82. The van der Waals surface area contributed by atoms with Gasteiger partial charge in [0.1, 0.15) is 5.75 Å². The largest absolute Gasteiger partial charge is 0.508 e. The second kappa shape index (κ2) is 5.93. The van der Waals surface area contributed by atoms with E-state index in [1.165, 1.54) is 24.3 Å². The van der Waals surface area contributed by atoms with Gasteiger partial charge in [-0.25, -0.2) is 0 Å². The summed E-state index contributed by atoms with van der Waals surface area (Å²) in [5.74, 6) is -0.0664. The number of hydrogen-bond donors (Lipinski definition) is 2. The second-order valence-electron chi connectivity index (χ2n) is 4.30. The van der Waals surface area contributed by atoms with Crippen molar-refractivity contribution in [3.05, 3.63) is 66.7 Å². The van der Waals surface area contributed by atoms with Gasteiger partial charge in [-0.15, -0.1) is 0 Å². The SMILES string of the molecule is O=[N+]([O-])c1cc([N+](=O)[O-])c(Nc2ccc(O)cc2)c([N+](=O)[O-])c1. The molecule has 0 unspecified atom stereocenters. The molecule has 0 heterocycles. The standard InChI is InChI=1S/C12H8N4O7/c17-9-3-1-7(2-4-9)13-12-10(15(20)21)5-8(14(18)19)6-11(12)16(22)23/h1-6,13,17H. The number of non-ortho nitro benzene ring substituents is 1. The number of aromatic hydroxyl groups is 1. The maximum atomic E-state index is 11.1. The topological polar surface area (TPSA) is 162 Å². The number of benzene rings is 2. The van der Waals surface area contributed by atoms with Gasteiger partial charge in [-0.1, -0.05) is 0 Å². The summed E-state index contributed by atoms with van der Waals surface area (Å²) in [5.41, 5.74) is -2.64. The number of phenols is 1. The molecular formula is C12H8N4O7. The van der Waals surface area contributed by atoms with Gasteiger partial charge in [-0.2, -0.15) is 0 Å². The lowest BCUT2D eigenvalue weighted by Crippen LogP contribution is -2.03. The molecule has 0 atom stereocenters. The highest BCUT2D eigenvalue weighted by Gasteiger charge is 2.30. The Bertz CT molecular complexity index is 769. The molecule has 118 valence electrons. The molecule has 0 fully saturated rings. The van der Waals surface area contributed by atoms with Gasteiger partial charge in [0.15, 0.2) is 5.69 Å². The molecule has 2 N–H and O–H groups in total. The molecule has 0 radical (unpaired) electrons. The van der Waals surface area contributed by atoms with Crippen LogP contribution in [0.2, 0.25) is 0 Å². The van der Waals surface area contributed by atoms with Crippen LogP contribution in [0.1, 0.15) is 0 Å². The summed E-state index contributed by atoms with van der Waals surface area (Å²) < 4.78 is 0.